The van der Waals surface area contributed by atoms with Crippen molar-refractivity contribution in [3.8, 4) is 11.5 Å². The highest BCUT2D eigenvalue weighted by Gasteiger charge is 2.35. The largest absolute Gasteiger partial charge is 0.508 e. The summed E-state index contributed by atoms with van der Waals surface area (Å²) in [5.41, 5.74) is 2.99. The second-order valence-electron chi connectivity index (χ2n) is 9.40. The molecule has 1 aliphatic carbocycles. The Hall–Kier alpha value is -1.18. The minimum absolute atomic E-state index is 0.248. The average molecular weight is 333 g/mol. The van der Waals surface area contributed by atoms with Crippen molar-refractivity contribution in [1.29, 1.82) is 0 Å². The van der Waals surface area contributed by atoms with Crippen LogP contribution in [-0.4, -0.2) is 10.2 Å². The van der Waals surface area contributed by atoms with Gasteiger partial charge in [0.1, 0.15) is 11.5 Å². The number of unbranched alkanes of at least 4 members (excludes halogenated alkanes) is 2. The fourth-order valence-electron chi connectivity index (χ4n) is 3.37. The molecule has 0 saturated heterocycles. The summed E-state index contributed by atoms with van der Waals surface area (Å²) < 4.78 is 0. The number of phenols is 2. The van der Waals surface area contributed by atoms with E-state index in [9.17, 15) is 10.2 Å². The maximum Gasteiger partial charge on any atom is 0.122 e. The summed E-state index contributed by atoms with van der Waals surface area (Å²) in [5.74, 6) is 0.501. The fraction of sp³-hybridized carbons (Fsp3) is 0.727. The lowest BCUT2D eigenvalue weighted by Crippen LogP contribution is -2.04. The Morgan fingerprint density at radius 1 is 0.875 bits per heavy atom. The molecule has 0 bridgehead atoms. The highest BCUT2D eigenvalue weighted by atomic mass is 16.3. The lowest BCUT2D eigenvalue weighted by atomic mass is 9.89. The number of hydrogen-bond donors (Lipinski definition) is 2. The molecule has 2 N–H and O–H groups in total. The van der Waals surface area contributed by atoms with E-state index in [4.69, 9.17) is 0 Å². The second kappa shape index (κ2) is 7.80. The monoisotopic (exact) mass is 332 g/mol. The van der Waals surface area contributed by atoms with Gasteiger partial charge >= 0.3 is 0 Å². The summed E-state index contributed by atoms with van der Waals surface area (Å²) in [5, 5.41) is 20.2. The number of hydrogen-bond acceptors (Lipinski definition) is 2. The summed E-state index contributed by atoms with van der Waals surface area (Å²) >= 11 is 0. The van der Waals surface area contributed by atoms with Crippen molar-refractivity contribution in [2.75, 3.05) is 0 Å². The highest BCUT2D eigenvalue weighted by molar-refractivity contribution is 5.45. The Bertz CT molecular complexity index is 501. The summed E-state index contributed by atoms with van der Waals surface area (Å²) in [4.78, 5) is 0. The van der Waals surface area contributed by atoms with E-state index in [2.05, 4.69) is 27.7 Å². The van der Waals surface area contributed by atoms with E-state index in [1.807, 2.05) is 6.07 Å². The molecule has 2 nitrogen and oxygen atoms in total. The van der Waals surface area contributed by atoms with Crippen LogP contribution >= 0.6 is 0 Å². The van der Waals surface area contributed by atoms with Crippen molar-refractivity contribution in [1.82, 2.24) is 0 Å². The summed E-state index contributed by atoms with van der Waals surface area (Å²) in [7, 11) is 0. The van der Waals surface area contributed by atoms with Crippen LogP contribution in [0.1, 0.15) is 90.2 Å². The van der Waals surface area contributed by atoms with Crippen molar-refractivity contribution in [2.24, 2.45) is 10.8 Å². The molecule has 0 heterocycles. The van der Waals surface area contributed by atoms with Crippen LogP contribution in [0.2, 0.25) is 0 Å². The molecule has 136 valence electrons. The quantitative estimate of drug-likeness (QED) is 0.516. The molecule has 0 aliphatic heterocycles. The minimum atomic E-state index is 0.248. The highest BCUT2D eigenvalue weighted by Crippen LogP contribution is 2.49. The number of phenolic OH excluding ortho intramolecular Hbond substituents is 2. The Kier molecular flexibility index (Phi) is 6.22. The maximum atomic E-state index is 10.1. The molecule has 2 heteroatoms. The van der Waals surface area contributed by atoms with E-state index in [0.717, 1.165) is 36.8 Å². The van der Waals surface area contributed by atoms with E-state index in [1.165, 1.54) is 44.6 Å². The molecule has 1 aliphatic rings. The summed E-state index contributed by atoms with van der Waals surface area (Å²) in [6.07, 6.45) is 11.7. The molecular formula is C22H36O2. The van der Waals surface area contributed by atoms with Gasteiger partial charge in [-0.1, -0.05) is 40.5 Å². The van der Waals surface area contributed by atoms with Gasteiger partial charge in [-0.15, -0.1) is 0 Å². The topological polar surface area (TPSA) is 40.5 Å². The fourth-order valence-corrected chi connectivity index (χ4v) is 3.37. The predicted octanol–water partition coefficient (Wildman–Crippen LogP) is 6.37. The first-order chi connectivity index (χ1) is 11.2. The zero-order chi connectivity index (χ0) is 17.8. The Morgan fingerprint density at radius 3 is 1.92 bits per heavy atom. The molecular weight excluding hydrogens is 296 g/mol. The van der Waals surface area contributed by atoms with Gasteiger partial charge in [-0.05, 0) is 79.4 Å². The smallest absolute Gasteiger partial charge is 0.122 e. The third-order valence-corrected chi connectivity index (χ3v) is 5.48. The van der Waals surface area contributed by atoms with Crippen LogP contribution in [-0.2, 0) is 12.8 Å². The lowest BCUT2D eigenvalue weighted by Gasteiger charge is -2.17. The molecule has 24 heavy (non-hydrogen) atoms. The molecule has 0 aromatic heterocycles. The van der Waals surface area contributed by atoms with Crippen LogP contribution in [0, 0.1) is 10.8 Å². The molecule has 1 saturated carbocycles. The first-order valence-electron chi connectivity index (χ1n) is 9.72. The van der Waals surface area contributed by atoms with Gasteiger partial charge in [0.25, 0.3) is 0 Å². The van der Waals surface area contributed by atoms with E-state index in [-0.39, 0.29) is 11.5 Å². The Morgan fingerprint density at radius 2 is 1.42 bits per heavy atom. The molecule has 2 rings (SSSR count). The van der Waals surface area contributed by atoms with Crippen molar-refractivity contribution in [2.45, 2.75) is 91.9 Å². The van der Waals surface area contributed by atoms with E-state index >= 15 is 0 Å². The van der Waals surface area contributed by atoms with Gasteiger partial charge in [0.2, 0.25) is 0 Å². The van der Waals surface area contributed by atoms with Crippen LogP contribution < -0.4 is 0 Å². The van der Waals surface area contributed by atoms with Gasteiger partial charge < -0.3 is 10.2 Å². The third-order valence-electron chi connectivity index (χ3n) is 5.48. The van der Waals surface area contributed by atoms with Crippen molar-refractivity contribution in [3.63, 3.8) is 0 Å². The first kappa shape index (κ1) is 19.1. The predicted molar refractivity (Wildman–Crippen MR) is 102 cm³/mol. The number of aryl methyl sites for hydroxylation is 2. The first-order valence-corrected chi connectivity index (χ1v) is 9.72. The maximum absolute atomic E-state index is 10.1. The summed E-state index contributed by atoms with van der Waals surface area (Å²) in [6, 6.07) is 3.57. The van der Waals surface area contributed by atoms with Crippen molar-refractivity contribution in [3.05, 3.63) is 23.3 Å². The van der Waals surface area contributed by atoms with Gasteiger partial charge in [-0.3, -0.25) is 0 Å². The number of rotatable bonds is 9. The molecule has 1 aromatic carbocycles. The Labute approximate surface area is 148 Å². The molecule has 1 fully saturated rings. The standard InChI is InChI=1S/C22H36O2/c1-21(2,3)11-7-5-9-17-15-18(20(24)16-19(17)23)10-6-8-12-22(4)13-14-22/h15-16,23-24H,5-14H2,1-4H3. The number of aromatic hydroxyl groups is 2. The van der Waals surface area contributed by atoms with E-state index in [1.54, 1.807) is 0 Å². The number of benzene rings is 1. The minimum Gasteiger partial charge on any atom is -0.508 e. The van der Waals surface area contributed by atoms with Crippen molar-refractivity contribution >= 4 is 0 Å². The van der Waals surface area contributed by atoms with Crippen LogP contribution in [0.25, 0.3) is 0 Å². The van der Waals surface area contributed by atoms with Gasteiger partial charge in [-0.25, -0.2) is 0 Å². The molecule has 0 unspecified atom stereocenters. The third kappa shape index (κ3) is 6.37. The van der Waals surface area contributed by atoms with Crippen LogP contribution in [0.4, 0.5) is 0 Å². The average Bonchev–Trinajstić information content (AvgIpc) is 3.20. The molecule has 0 atom stereocenters. The van der Waals surface area contributed by atoms with Gasteiger partial charge in [-0.2, -0.15) is 0 Å². The molecule has 1 aromatic rings. The van der Waals surface area contributed by atoms with Crippen LogP contribution in [0.5, 0.6) is 11.5 Å². The molecule has 0 radical (unpaired) electrons. The van der Waals surface area contributed by atoms with Gasteiger partial charge in [0.05, 0.1) is 0 Å². The second-order valence-corrected chi connectivity index (χ2v) is 9.40. The van der Waals surface area contributed by atoms with Crippen LogP contribution in [0.15, 0.2) is 12.1 Å². The van der Waals surface area contributed by atoms with Gasteiger partial charge in [0, 0.05) is 6.07 Å². The summed E-state index contributed by atoms with van der Waals surface area (Å²) in [6.45, 7) is 9.18. The van der Waals surface area contributed by atoms with Crippen molar-refractivity contribution < 1.29 is 10.2 Å². The zero-order valence-corrected chi connectivity index (χ0v) is 16.1. The SMILES string of the molecule is CC(C)(C)CCCCc1cc(CCCCC2(C)CC2)c(O)cc1O. The lowest BCUT2D eigenvalue weighted by molar-refractivity contribution is 0.359. The van der Waals surface area contributed by atoms with E-state index in [0.29, 0.717) is 10.8 Å². The van der Waals surface area contributed by atoms with E-state index < -0.39 is 0 Å². The Balaban J connectivity index is 1.82. The normalized spacial score (nSPS) is 16.3. The zero-order valence-electron chi connectivity index (χ0n) is 16.1. The van der Waals surface area contributed by atoms with Crippen LogP contribution in [0.3, 0.4) is 0 Å². The van der Waals surface area contributed by atoms with Gasteiger partial charge in [0.15, 0.2) is 0 Å². The molecule has 0 spiro atoms. The molecule has 0 amide bonds.